The van der Waals surface area contributed by atoms with Gasteiger partial charge in [0.1, 0.15) is 18.1 Å². The summed E-state index contributed by atoms with van der Waals surface area (Å²) in [5, 5.41) is 18.4. The summed E-state index contributed by atoms with van der Waals surface area (Å²) < 4.78 is 6.56. The average Bonchev–Trinajstić information content (AvgIpc) is 2.59. The molecule has 0 radical (unpaired) electrons. The van der Waals surface area contributed by atoms with Gasteiger partial charge < -0.3 is 20.7 Å². The molecule has 0 spiro atoms. The number of nitrogens with zero attached hydrogens (tertiary/aromatic N) is 2. The van der Waals surface area contributed by atoms with Crippen molar-refractivity contribution in [2.75, 3.05) is 12.3 Å². The van der Waals surface area contributed by atoms with Crippen LogP contribution in [0.2, 0.25) is 0 Å². The Balaban J connectivity index is 2.23. The fourth-order valence-electron chi connectivity index (χ4n) is 1.70. The second-order valence-electron chi connectivity index (χ2n) is 3.66. The first-order valence-corrected chi connectivity index (χ1v) is 4.91. The number of aromatic nitrogens is 2. The second-order valence-corrected chi connectivity index (χ2v) is 3.66. The van der Waals surface area contributed by atoms with Crippen molar-refractivity contribution in [3.63, 3.8) is 0 Å². The lowest BCUT2D eigenvalue weighted by Gasteiger charge is -2.13. The number of aliphatic hydroxyl groups is 2. The smallest absolute Gasteiger partial charge is 0.351 e. The van der Waals surface area contributed by atoms with Gasteiger partial charge in [0.05, 0.1) is 12.7 Å². The molecule has 3 atom stereocenters. The molecule has 0 aliphatic carbocycles. The zero-order valence-electron chi connectivity index (χ0n) is 8.48. The largest absolute Gasteiger partial charge is 0.394 e. The van der Waals surface area contributed by atoms with Gasteiger partial charge in [0, 0.05) is 12.6 Å². The van der Waals surface area contributed by atoms with Crippen LogP contribution in [0.3, 0.4) is 0 Å². The number of rotatable bonds is 2. The van der Waals surface area contributed by atoms with Crippen LogP contribution < -0.4 is 11.4 Å². The molecule has 1 aliphatic rings. The van der Waals surface area contributed by atoms with E-state index in [2.05, 4.69) is 4.98 Å². The molecule has 0 bridgehead atoms. The molecule has 1 aromatic heterocycles. The Morgan fingerprint density at radius 1 is 1.69 bits per heavy atom. The highest BCUT2D eigenvalue weighted by atomic mass is 16.6. The number of nitrogens with two attached hydrogens (primary N) is 1. The van der Waals surface area contributed by atoms with E-state index >= 15 is 0 Å². The molecule has 7 nitrogen and oxygen atoms in total. The number of ether oxygens (including phenoxy) is 1. The van der Waals surface area contributed by atoms with Gasteiger partial charge in [0.15, 0.2) is 0 Å². The number of hydrogen-bond donors (Lipinski definition) is 3. The molecule has 7 heteroatoms. The van der Waals surface area contributed by atoms with Gasteiger partial charge in [0.2, 0.25) is 0 Å². The van der Waals surface area contributed by atoms with Crippen molar-refractivity contribution in [3.8, 4) is 0 Å². The van der Waals surface area contributed by atoms with Crippen LogP contribution in [-0.2, 0) is 4.74 Å². The fraction of sp³-hybridized carbons (Fsp3) is 0.556. The third-order valence-electron chi connectivity index (χ3n) is 2.55. The lowest BCUT2D eigenvalue weighted by atomic mass is 10.2. The first-order chi connectivity index (χ1) is 7.61. The van der Waals surface area contributed by atoms with E-state index in [4.69, 9.17) is 15.6 Å². The lowest BCUT2D eigenvalue weighted by Crippen LogP contribution is -2.27. The Morgan fingerprint density at radius 2 is 2.44 bits per heavy atom. The van der Waals surface area contributed by atoms with E-state index in [1.54, 1.807) is 0 Å². The SMILES string of the molecule is Nc1ccn([13C@H]2C[C@H](O)[C@@H](CO)O2)c(=O)n1. The Bertz CT molecular complexity index is 433. The summed E-state index contributed by atoms with van der Waals surface area (Å²) in [6.45, 7) is -0.283. The fourth-order valence-corrected chi connectivity index (χ4v) is 1.70. The van der Waals surface area contributed by atoms with Crippen molar-refractivity contribution in [1.82, 2.24) is 9.55 Å². The molecule has 0 aromatic carbocycles. The van der Waals surface area contributed by atoms with Crippen LogP contribution >= 0.6 is 0 Å². The number of hydrogen-bond acceptors (Lipinski definition) is 6. The van der Waals surface area contributed by atoms with E-state index in [-0.39, 0.29) is 18.8 Å². The molecule has 1 saturated heterocycles. The highest BCUT2D eigenvalue weighted by Gasteiger charge is 2.34. The van der Waals surface area contributed by atoms with Gasteiger partial charge in [-0.15, -0.1) is 0 Å². The van der Waals surface area contributed by atoms with E-state index in [0.29, 0.717) is 0 Å². The molecule has 2 rings (SSSR count). The molecule has 0 unspecified atom stereocenters. The quantitative estimate of drug-likeness (QED) is 0.529. The summed E-state index contributed by atoms with van der Waals surface area (Å²) in [6.07, 6.45) is -0.333. The predicted octanol–water partition coefficient (Wildman–Crippen LogP) is -1.53. The van der Waals surface area contributed by atoms with E-state index in [9.17, 15) is 9.90 Å². The molecule has 4 N–H and O–H groups in total. The number of anilines is 1. The summed E-state index contributed by atoms with van der Waals surface area (Å²) in [5.41, 5.74) is 4.82. The number of nitrogen functional groups attached to an aromatic ring is 1. The third kappa shape index (κ3) is 1.92. The van der Waals surface area contributed by atoms with Gasteiger partial charge in [-0.3, -0.25) is 4.57 Å². The van der Waals surface area contributed by atoms with E-state index in [1.807, 2.05) is 0 Å². The average molecular weight is 228 g/mol. The Kier molecular flexibility index (Phi) is 2.90. The summed E-state index contributed by atoms with van der Waals surface area (Å²) >= 11 is 0. The molecular formula is C9H13N3O4. The minimum atomic E-state index is -0.778. The van der Waals surface area contributed by atoms with Crippen molar-refractivity contribution in [1.29, 1.82) is 0 Å². The maximum absolute atomic E-state index is 11.5. The van der Waals surface area contributed by atoms with Crippen molar-refractivity contribution in [2.45, 2.75) is 24.9 Å². The normalized spacial score (nSPS) is 29.5. The van der Waals surface area contributed by atoms with Crippen molar-refractivity contribution in [3.05, 3.63) is 22.7 Å². The Hall–Kier alpha value is -1.44. The van der Waals surface area contributed by atoms with Crippen LogP contribution in [0.1, 0.15) is 12.6 Å². The molecule has 16 heavy (non-hydrogen) atoms. The first kappa shape index (κ1) is 11.1. The molecular weight excluding hydrogens is 215 g/mol. The Labute approximate surface area is 91.1 Å². The molecule has 2 heterocycles. The van der Waals surface area contributed by atoms with E-state index in [0.717, 1.165) is 0 Å². The van der Waals surface area contributed by atoms with Crippen LogP contribution in [-0.4, -0.2) is 38.6 Å². The highest BCUT2D eigenvalue weighted by Crippen LogP contribution is 2.27. The summed E-state index contributed by atoms with van der Waals surface area (Å²) in [6, 6.07) is 1.48. The van der Waals surface area contributed by atoms with Gasteiger partial charge in [-0.25, -0.2) is 4.79 Å². The van der Waals surface area contributed by atoms with Crippen LogP contribution in [0.25, 0.3) is 0 Å². The monoisotopic (exact) mass is 228 g/mol. The molecule has 0 amide bonds. The minimum absolute atomic E-state index is 0.138. The topological polar surface area (TPSA) is 111 Å². The number of aliphatic hydroxyl groups excluding tert-OH is 2. The van der Waals surface area contributed by atoms with Crippen LogP contribution in [0, 0.1) is 0 Å². The van der Waals surface area contributed by atoms with Gasteiger partial charge in [-0.2, -0.15) is 4.98 Å². The van der Waals surface area contributed by atoms with Crippen LogP contribution in [0.15, 0.2) is 17.1 Å². The lowest BCUT2D eigenvalue weighted by molar-refractivity contribution is -0.0458. The van der Waals surface area contributed by atoms with E-state index in [1.165, 1.54) is 16.8 Å². The molecule has 0 saturated carbocycles. The van der Waals surface area contributed by atoms with Crippen LogP contribution in [0.5, 0.6) is 0 Å². The molecule has 1 aromatic rings. The van der Waals surface area contributed by atoms with Crippen molar-refractivity contribution >= 4 is 5.82 Å². The van der Waals surface area contributed by atoms with Crippen molar-refractivity contribution < 1.29 is 14.9 Å². The molecule has 88 valence electrons. The minimum Gasteiger partial charge on any atom is -0.394 e. The maximum atomic E-state index is 11.5. The van der Waals surface area contributed by atoms with Gasteiger partial charge in [-0.05, 0) is 6.07 Å². The Morgan fingerprint density at radius 3 is 3.00 bits per heavy atom. The first-order valence-electron chi connectivity index (χ1n) is 4.91. The standard InChI is InChI=1S/C9H13N3O4/c10-7-1-2-12(9(15)11-7)8-3-5(14)6(4-13)16-8/h1-2,5-6,8,13-14H,3-4H2,(H2,10,11,15)/t5-,6+,8+/m0/s1/i8+1. The van der Waals surface area contributed by atoms with Gasteiger partial charge in [0.25, 0.3) is 0 Å². The van der Waals surface area contributed by atoms with Crippen LogP contribution in [0.4, 0.5) is 5.82 Å². The zero-order chi connectivity index (χ0) is 11.7. The second kappa shape index (κ2) is 4.20. The van der Waals surface area contributed by atoms with Crippen molar-refractivity contribution in [2.24, 2.45) is 0 Å². The highest BCUT2D eigenvalue weighted by molar-refractivity contribution is 5.23. The predicted molar refractivity (Wildman–Crippen MR) is 54.5 cm³/mol. The summed E-state index contributed by atoms with van der Waals surface area (Å²) in [7, 11) is 0. The third-order valence-corrected chi connectivity index (χ3v) is 2.55. The molecule has 1 aliphatic heterocycles. The maximum Gasteiger partial charge on any atom is 0.351 e. The molecule has 1 fully saturated rings. The summed E-state index contributed by atoms with van der Waals surface area (Å²) in [5.74, 6) is 0.138. The van der Waals surface area contributed by atoms with E-state index < -0.39 is 24.1 Å². The van der Waals surface area contributed by atoms with Gasteiger partial charge in [-0.1, -0.05) is 0 Å². The summed E-state index contributed by atoms with van der Waals surface area (Å²) in [4.78, 5) is 15.0. The zero-order valence-corrected chi connectivity index (χ0v) is 8.48. The van der Waals surface area contributed by atoms with Gasteiger partial charge >= 0.3 is 5.69 Å².